The SMILES string of the molecule is Cc1[nH]c2ccccc2c1CN1CCNC(=O)COc2ccccc2OCC(=O)NCC1. The van der Waals surface area contributed by atoms with Crippen LogP contribution in [0.4, 0.5) is 0 Å². The van der Waals surface area contributed by atoms with E-state index in [0.29, 0.717) is 44.2 Å². The molecule has 1 aliphatic rings. The Bertz CT molecular complexity index is 1050. The number of benzene rings is 2. The summed E-state index contributed by atoms with van der Waals surface area (Å²) in [5, 5.41) is 7.01. The number of aromatic amines is 1. The molecule has 0 spiro atoms. The number of nitrogens with zero attached hydrogens (tertiary/aromatic N) is 1. The third kappa shape index (κ3) is 5.39. The van der Waals surface area contributed by atoms with Gasteiger partial charge in [0.1, 0.15) is 0 Å². The van der Waals surface area contributed by atoms with Crippen molar-refractivity contribution >= 4 is 22.7 Å². The Labute approximate surface area is 186 Å². The van der Waals surface area contributed by atoms with Gasteiger partial charge in [0.25, 0.3) is 11.8 Å². The highest BCUT2D eigenvalue weighted by Gasteiger charge is 2.15. The molecule has 0 aliphatic carbocycles. The fourth-order valence-corrected chi connectivity index (χ4v) is 3.82. The first-order valence-electron chi connectivity index (χ1n) is 10.8. The van der Waals surface area contributed by atoms with Gasteiger partial charge in [-0.3, -0.25) is 14.5 Å². The van der Waals surface area contributed by atoms with E-state index in [-0.39, 0.29) is 25.0 Å². The molecule has 4 rings (SSSR count). The zero-order valence-electron chi connectivity index (χ0n) is 18.1. The number of para-hydroxylation sites is 3. The van der Waals surface area contributed by atoms with Crippen molar-refractivity contribution in [3.63, 3.8) is 0 Å². The van der Waals surface area contributed by atoms with E-state index in [0.717, 1.165) is 11.2 Å². The zero-order valence-corrected chi connectivity index (χ0v) is 18.1. The molecule has 0 radical (unpaired) electrons. The summed E-state index contributed by atoms with van der Waals surface area (Å²) in [6.07, 6.45) is 0. The maximum Gasteiger partial charge on any atom is 0.257 e. The summed E-state index contributed by atoms with van der Waals surface area (Å²) >= 11 is 0. The Hall–Kier alpha value is -3.52. The molecular weight excluding hydrogens is 408 g/mol. The average molecular weight is 437 g/mol. The minimum absolute atomic E-state index is 0.117. The molecule has 2 amide bonds. The molecule has 32 heavy (non-hydrogen) atoms. The summed E-state index contributed by atoms with van der Waals surface area (Å²) in [4.78, 5) is 30.2. The minimum Gasteiger partial charge on any atom is -0.480 e. The molecule has 0 saturated heterocycles. The van der Waals surface area contributed by atoms with Crippen LogP contribution in [0.2, 0.25) is 0 Å². The Morgan fingerprint density at radius 1 is 0.844 bits per heavy atom. The molecule has 2 heterocycles. The van der Waals surface area contributed by atoms with Crippen LogP contribution in [0, 0.1) is 6.92 Å². The fourth-order valence-electron chi connectivity index (χ4n) is 3.82. The van der Waals surface area contributed by atoms with Gasteiger partial charge in [0.2, 0.25) is 0 Å². The van der Waals surface area contributed by atoms with E-state index in [2.05, 4.69) is 39.6 Å². The summed E-state index contributed by atoms with van der Waals surface area (Å²) in [7, 11) is 0. The van der Waals surface area contributed by atoms with E-state index in [1.54, 1.807) is 24.3 Å². The summed E-state index contributed by atoms with van der Waals surface area (Å²) in [5.74, 6) is 0.461. The highest BCUT2D eigenvalue weighted by molar-refractivity contribution is 5.84. The standard InChI is InChI=1S/C24H28N4O4/c1-17-19(18-6-2-3-7-20(18)27-17)14-28-12-10-25-23(29)15-31-21-8-4-5-9-22(21)32-16-24(30)26-11-13-28/h2-9,27H,10-16H2,1H3,(H,25,29)(H,26,30). The zero-order chi connectivity index (χ0) is 22.3. The molecule has 8 nitrogen and oxygen atoms in total. The molecule has 3 aromatic rings. The van der Waals surface area contributed by atoms with Gasteiger partial charge in [0.15, 0.2) is 24.7 Å². The maximum absolute atomic E-state index is 12.3. The second-order valence-electron chi connectivity index (χ2n) is 7.77. The lowest BCUT2D eigenvalue weighted by Gasteiger charge is -2.23. The van der Waals surface area contributed by atoms with E-state index in [9.17, 15) is 9.59 Å². The molecule has 2 aromatic carbocycles. The molecule has 1 aromatic heterocycles. The van der Waals surface area contributed by atoms with Crippen molar-refractivity contribution in [1.29, 1.82) is 0 Å². The van der Waals surface area contributed by atoms with Crippen molar-refractivity contribution in [1.82, 2.24) is 20.5 Å². The normalized spacial score (nSPS) is 16.7. The van der Waals surface area contributed by atoms with Gasteiger partial charge in [0.05, 0.1) is 0 Å². The number of nitrogens with one attached hydrogen (secondary N) is 3. The molecule has 0 bridgehead atoms. The molecule has 0 saturated carbocycles. The molecule has 0 unspecified atom stereocenters. The van der Waals surface area contributed by atoms with Crippen LogP contribution in [0.5, 0.6) is 11.5 Å². The topological polar surface area (TPSA) is 95.7 Å². The second-order valence-corrected chi connectivity index (χ2v) is 7.77. The Kier molecular flexibility index (Phi) is 6.91. The van der Waals surface area contributed by atoms with Crippen molar-refractivity contribution in [3.8, 4) is 11.5 Å². The highest BCUT2D eigenvalue weighted by Crippen LogP contribution is 2.26. The smallest absolute Gasteiger partial charge is 0.257 e. The monoisotopic (exact) mass is 436 g/mol. The van der Waals surface area contributed by atoms with E-state index in [1.165, 1.54) is 10.9 Å². The van der Waals surface area contributed by atoms with E-state index >= 15 is 0 Å². The number of ether oxygens (including phenoxy) is 2. The van der Waals surface area contributed by atoms with Crippen LogP contribution in [0.25, 0.3) is 10.9 Å². The Morgan fingerprint density at radius 2 is 1.41 bits per heavy atom. The molecule has 0 atom stereocenters. The van der Waals surface area contributed by atoms with Gasteiger partial charge in [-0.2, -0.15) is 0 Å². The van der Waals surface area contributed by atoms with E-state index < -0.39 is 0 Å². The number of H-pyrrole nitrogens is 1. The van der Waals surface area contributed by atoms with Crippen LogP contribution in [-0.2, 0) is 16.1 Å². The number of aromatic nitrogens is 1. The van der Waals surface area contributed by atoms with Crippen LogP contribution in [0.3, 0.4) is 0 Å². The van der Waals surface area contributed by atoms with Gasteiger partial charge >= 0.3 is 0 Å². The molecule has 1 aliphatic heterocycles. The summed E-state index contributed by atoms with van der Waals surface area (Å²) < 4.78 is 11.2. The number of hydrogen-bond donors (Lipinski definition) is 3. The van der Waals surface area contributed by atoms with Crippen LogP contribution in [0.1, 0.15) is 11.3 Å². The van der Waals surface area contributed by atoms with Gasteiger partial charge in [-0.1, -0.05) is 30.3 Å². The van der Waals surface area contributed by atoms with Crippen molar-refractivity contribution in [3.05, 3.63) is 59.8 Å². The predicted octanol–water partition coefficient (Wildman–Crippen LogP) is 1.98. The average Bonchev–Trinajstić information content (AvgIpc) is 3.11. The van der Waals surface area contributed by atoms with Crippen molar-refractivity contribution in [2.24, 2.45) is 0 Å². The van der Waals surface area contributed by atoms with Crippen LogP contribution < -0.4 is 20.1 Å². The largest absolute Gasteiger partial charge is 0.480 e. The van der Waals surface area contributed by atoms with E-state index in [1.807, 2.05) is 12.1 Å². The first-order valence-corrected chi connectivity index (χ1v) is 10.8. The number of carbonyl (C=O) groups excluding carboxylic acids is 2. The van der Waals surface area contributed by atoms with Gasteiger partial charge in [-0.15, -0.1) is 0 Å². The number of fused-ring (bicyclic) bond motifs is 2. The van der Waals surface area contributed by atoms with Gasteiger partial charge in [-0.25, -0.2) is 0 Å². The maximum atomic E-state index is 12.3. The number of rotatable bonds is 2. The molecule has 0 fully saturated rings. The second kappa shape index (κ2) is 10.2. The third-order valence-electron chi connectivity index (χ3n) is 5.48. The predicted molar refractivity (Wildman–Crippen MR) is 122 cm³/mol. The lowest BCUT2D eigenvalue weighted by atomic mass is 10.1. The fraction of sp³-hybridized carbons (Fsp3) is 0.333. The first kappa shape index (κ1) is 21.7. The third-order valence-corrected chi connectivity index (χ3v) is 5.48. The number of amides is 2. The molecule has 3 N–H and O–H groups in total. The van der Waals surface area contributed by atoms with Crippen molar-refractivity contribution < 1.29 is 19.1 Å². The lowest BCUT2D eigenvalue weighted by molar-refractivity contribution is -0.124. The van der Waals surface area contributed by atoms with Crippen molar-refractivity contribution in [2.45, 2.75) is 13.5 Å². The van der Waals surface area contributed by atoms with Gasteiger partial charge in [0, 0.05) is 49.3 Å². The van der Waals surface area contributed by atoms with Crippen LogP contribution >= 0.6 is 0 Å². The summed E-state index contributed by atoms with van der Waals surface area (Å²) in [6.45, 7) is 4.80. The summed E-state index contributed by atoms with van der Waals surface area (Å²) in [6, 6.07) is 15.2. The van der Waals surface area contributed by atoms with Gasteiger partial charge < -0.3 is 25.1 Å². The molecule has 8 heteroatoms. The number of aryl methyl sites for hydroxylation is 1. The Balaban J connectivity index is 1.46. The lowest BCUT2D eigenvalue weighted by Crippen LogP contribution is -2.40. The van der Waals surface area contributed by atoms with Gasteiger partial charge in [-0.05, 0) is 30.7 Å². The highest BCUT2D eigenvalue weighted by atomic mass is 16.5. The van der Waals surface area contributed by atoms with E-state index in [4.69, 9.17) is 9.47 Å². The van der Waals surface area contributed by atoms with Crippen LogP contribution in [0.15, 0.2) is 48.5 Å². The number of hydrogen-bond acceptors (Lipinski definition) is 5. The first-order chi connectivity index (χ1) is 15.6. The summed E-state index contributed by atoms with van der Waals surface area (Å²) in [5.41, 5.74) is 3.45. The Morgan fingerprint density at radius 3 is 2.03 bits per heavy atom. The quantitative estimate of drug-likeness (QED) is 0.571. The number of carbonyl (C=O) groups is 2. The van der Waals surface area contributed by atoms with Crippen LogP contribution in [-0.4, -0.2) is 61.1 Å². The minimum atomic E-state index is -0.202. The molecule has 168 valence electrons. The van der Waals surface area contributed by atoms with Crippen molar-refractivity contribution in [2.75, 3.05) is 39.4 Å². The molecular formula is C24H28N4O4.